The Labute approximate surface area is 139 Å². The molecule has 3 rings (SSSR count). The molecule has 0 bridgehead atoms. The third-order valence-corrected chi connectivity index (χ3v) is 3.29. The fourth-order valence-corrected chi connectivity index (χ4v) is 2.05. The average molecular weight is 350 g/mol. The van der Waals surface area contributed by atoms with Gasteiger partial charge in [0.15, 0.2) is 6.61 Å². The smallest absolute Gasteiger partial charge is 0.311 e. The van der Waals surface area contributed by atoms with Crippen LogP contribution in [0.25, 0.3) is 11.4 Å². The van der Waals surface area contributed by atoms with Crippen LogP contribution < -0.4 is 4.74 Å². The van der Waals surface area contributed by atoms with Gasteiger partial charge < -0.3 is 9.26 Å². The second kappa shape index (κ2) is 6.63. The van der Waals surface area contributed by atoms with Crippen molar-refractivity contribution in [2.45, 2.75) is 6.61 Å². The topological polar surface area (TPSA) is 91.3 Å². The van der Waals surface area contributed by atoms with Gasteiger partial charge in [-0.1, -0.05) is 16.8 Å². The van der Waals surface area contributed by atoms with E-state index < -0.39 is 10.7 Å². The second-order valence-corrected chi connectivity index (χ2v) is 5.11. The number of hydrogen-bond donors (Lipinski definition) is 0. The summed E-state index contributed by atoms with van der Waals surface area (Å²) in [6.07, 6.45) is 0. The Morgan fingerprint density at radius 3 is 2.71 bits per heavy atom. The summed E-state index contributed by atoms with van der Waals surface area (Å²) in [7, 11) is 0. The summed E-state index contributed by atoms with van der Waals surface area (Å²) < 4.78 is 23.5. The number of aromatic nitrogens is 2. The van der Waals surface area contributed by atoms with E-state index in [2.05, 4.69) is 10.1 Å². The molecule has 1 heterocycles. The molecule has 0 N–H and O–H groups in total. The highest BCUT2D eigenvalue weighted by molar-refractivity contribution is 6.30. The Kier molecular flexibility index (Phi) is 4.39. The van der Waals surface area contributed by atoms with Crippen molar-refractivity contribution in [2.75, 3.05) is 0 Å². The van der Waals surface area contributed by atoms with Gasteiger partial charge in [0.1, 0.15) is 5.82 Å². The fraction of sp³-hybridized carbons (Fsp3) is 0.0667. The molecule has 122 valence electrons. The normalized spacial score (nSPS) is 10.6. The van der Waals surface area contributed by atoms with Crippen LogP contribution in [-0.4, -0.2) is 15.1 Å². The van der Waals surface area contributed by atoms with Gasteiger partial charge in [0, 0.05) is 22.7 Å². The van der Waals surface area contributed by atoms with E-state index in [4.69, 9.17) is 20.9 Å². The largest absolute Gasteiger partial charge is 0.477 e. The summed E-state index contributed by atoms with van der Waals surface area (Å²) in [5, 5.41) is 15.3. The Morgan fingerprint density at radius 1 is 1.25 bits per heavy atom. The van der Waals surface area contributed by atoms with Crippen molar-refractivity contribution in [1.29, 1.82) is 0 Å². The molecule has 9 heteroatoms. The molecule has 0 aliphatic heterocycles. The van der Waals surface area contributed by atoms with Crippen molar-refractivity contribution < 1.29 is 18.6 Å². The van der Waals surface area contributed by atoms with E-state index in [1.54, 1.807) is 24.3 Å². The van der Waals surface area contributed by atoms with Gasteiger partial charge >= 0.3 is 5.69 Å². The summed E-state index contributed by atoms with van der Waals surface area (Å²) in [4.78, 5) is 14.3. The zero-order valence-corrected chi connectivity index (χ0v) is 12.7. The molecule has 1 aromatic heterocycles. The fourth-order valence-electron chi connectivity index (χ4n) is 1.92. The minimum absolute atomic E-state index is 0.0958. The second-order valence-electron chi connectivity index (χ2n) is 4.68. The van der Waals surface area contributed by atoms with Crippen LogP contribution in [0, 0.1) is 15.9 Å². The highest BCUT2D eigenvalue weighted by Gasteiger charge is 2.17. The molecule has 3 aromatic rings. The van der Waals surface area contributed by atoms with Crippen LogP contribution in [0.5, 0.6) is 5.75 Å². The molecule has 0 atom stereocenters. The maximum absolute atomic E-state index is 13.2. The summed E-state index contributed by atoms with van der Waals surface area (Å²) >= 11 is 5.81. The van der Waals surface area contributed by atoms with E-state index in [0.717, 1.165) is 18.2 Å². The Morgan fingerprint density at radius 2 is 2.00 bits per heavy atom. The zero-order chi connectivity index (χ0) is 17.1. The Hall–Kier alpha value is -3.00. The number of halogens is 2. The van der Waals surface area contributed by atoms with Crippen LogP contribution in [0.3, 0.4) is 0 Å². The minimum Gasteiger partial charge on any atom is -0.477 e. The van der Waals surface area contributed by atoms with Gasteiger partial charge in [-0.05, 0) is 30.3 Å². The molecular formula is C15H9ClFN3O4. The van der Waals surface area contributed by atoms with Crippen molar-refractivity contribution in [2.24, 2.45) is 0 Å². The van der Waals surface area contributed by atoms with Crippen LogP contribution in [-0.2, 0) is 6.61 Å². The van der Waals surface area contributed by atoms with Crippen molar-refractivity contribution >= 4 is 17.3 Å². The first kappa shape index (κ1) is 15.9. The summed E-state index contributed by atoms with van der Waals surface area (Å²) in [5.74, 6) is -0.452. The molecular weight excluding hydrogens is 341 g/mol. The van der Waals surface area contributed by atoms with Crippen molar-refractivity contribution in [3.8, 4) is 17.1 Å². The Balaban J connectivity index is 1.75. The lowest BCUT2D eigenvalue weighted by molar-refractivity contribution is -0.386. The predicted molar refractivity (Wildman–Crippen MR) is 82.1 cm³/mol. The van der Waals surface area contributed by atoms with Crippen LogP contribution >= 0.6 is 11.6 Å². The Bertz CT molecular complexity index is 883. The lowest BCUT2D eigenvalue weighted by Crippen LogP contribution is -2.00. The first-order valence-electron chi connectivity index (χ1n) is 6.68. The lowest BCUT2D eigenvalue weighted by atomic mass is 10.2. The van der Waals surface area contributed by atoms with Gasteiger partial charge in [-0.25, -0.2) is 4.39 Å². The first-order valence-corrected chi connectivity index (χ1v) is 7.06. The number of hydrogen-bond acceptors (Lipinski definition) is 6. The van der Waals surface area contributed by atoms with Crippen LogP contribution in [0.2, 0.25) is 5.02 Å². The number of nitro benzene ring substituents is 1. The van der Waals surface area contributed by atoms with Crippen LogP contribution in [0.15, 0.2) is 47.0 Å². The molecule has 0 saturated heterocycles. The van der Waals surface area contributed by atoms with Gasteiger partial charge in [0.25, 0.3) is 5.89 Å². The zero-order valence-electron chi connectivity index (χ0n) is 12.0. The molecule has 0 amide bonds. The third kappa shape index (κ3) is 3.49. The number of benzene rings is 2. The number of ether oxygens (including phenoxy) is 1. The van der Waals surface area contributed by atoms with Crippen molar-refractivity contribution in [3.05, 3.63) is 69.3 Å². The average Bonchev–Trinajstić information content (AvgIpc) is 3.02. The van der Waals surface area contributed by atoms with Crippen LogP contribution in [0.4, 0.5) is 10.1 Å². The van der Waals surface area contributed by atoms with E-state index in [0.29, 0.717) is 16.4 Å². The SMILES string of the molecule is O=[N+]([O-])c1ccc(F)cc1OCc1nc(-c2ccc(Cl)cc2)no1. The number of nitro groups is 1. The van der Waals surface area contributed by atoms with E-state index in [-0.39, 0.29) is 23.9 Å². The summed E-state index contributed by atoms with van der Waals surface area (Å²) in [5.41, 5.74) is 0.333. The van der Waals surface area contributed by atoms with Gasteiger partial charge in [0.2, 0.25) is 11.6 Å². The number of rotatable bonds is 5. The van der Waals surface area contributed by atoms with Crippen LogP contribution in [0.1, 0.15) is 5.89 Å². The van der Waals surface area contributed by atoms with Gasteiger partial charge in [0.05, 0.1) is 4.92 Å². The quantitative estimate of drug-likeness (QED) is 0.510. The molecule has 0 saturated carbocycles. The highest BCUT2D eigenvalue weighted by Crippen LogP contribution is 2.28. The highest BCUT2D eigenvalue weighted by atomic mass is 35.5. The summed E-state index contributed by atoms with van der Waals surface area (Å²) in [6.45, 7) is -0.231. The predicted octanol–water partition coefficient (Wildman–Crippen LogP) is 4.02. The van der Waals surface area contributed by atoms with E-state index >= 15 is 0 Å². The third-order valence-electron chi connectivity index (χ3n) is 3.04. The molecule has 7 nitrogen and oxygen atoms in total. The van der Waals surface area contributed by atoms with Gasteiger partial charge in [-0.15, -0.1) is 0 Å². The van der Waals surface area contributed by atoms with E-state index in [1.165, 1.54) is 0 Å². The molecule has 0 spiro atoms. The minimum atomic E-state index is -0.665. The molecule has 0 unspecified atom stereocenters. The molecule has 0 fully saturated rings. The van der Waals surface area contributed by atoms with Crippen molar-refractivity contribution in [1.82, 2.24) is 10.1 Å². The van der Waals surface area contributed by atoms with Gasteiger partial charge in [-0.2, -0.15) is 4.98 Å². The maximum atomic E-state index is 13.2. The summed E-state index contributed by atoms with van der Waals surface area (Å²) in [6, 6.07) is 9.73. The van der Waals surface area contributed by atoms with E-state index in [1.807, 2.05) is 0 Å². The lowest BCUT2D eigenvalue weighted by Gasteiger charge is -2.03. The maximum Gasteiger partial charge on any atom is 0.311 e. The molecule has 0 radical (unpaired) electrons. The van der Waals surface area contributed by atoms with Crippen molar-refractivity contribution in [3.63, 3.8) is 0 Å². The molecule has 2 aromatic carbocycles. The standard InChI is InChI=1S/C15H9ClFN3O4/c16-10-3-1-9(2-4-10)15-18-14(24-19-15)8-23-13-7-11(17)5-6-12(13)20(21)22/h1-7H,8H2. The molecule has 24 heavy (non-hydrogen) atoms. The van der Waals surface area contributed by atoms with Gasteiger partial charge in [-0.3, -0.25) is 10.1 Å². The van der Waals surface area contributed by atoms with E-state index in [9.17, 15) is 14.5 Å². The first-order chi connectivity index (χ1) is 11.5. The number of nitrogens with zero attached hydrogens (tertiary/aromatic N) is 3. The monoisotopic (exact) mass is 349 g/mol. The molecule has 0 aliphatic rings. The molecule has 0 aliphatic carbocycles.